The Hall–Kier alpha value is -0.830. The van der Waals surface area contributed by atoms with Gasteiger partial charge in [0.1, 0.15) is 0 Å². The highest BCUT2D eigenvalue weighted by Crippen LogP contribution is 2.68. The van der Waals surface area contributed by atoms with Gasteiger partial charge in [-0.25, -0.2) is 0 Å². The number of nitrogens with two attached hydrogens (primary N) is 1. The number of aliphatic hydroxyl groups is 1. The molecule has 4 rings (SSSR count). The van der Waals surface area contributed by atoms with Crippen molar-refractivity contribution in [1.82, 2.24) is 0 Å². The van der Waals surface area contributed by atoms with Gasteiger partial charge < -0.3 is 10.8 Å². The number of Topliss-reactive ketones (excluding diaryl/α,β-unsaturated/α-hetero) is 1. The molecule has 0 saturated heterocycles. The summed E-state index contributed by atoms with van der Waals surface area (Å²) in [5.41, 5.74) is 6.42. The number of carbonyl (C=O) groups excluding carboxylic acids is 1. The molecule has 3 nitrogen and oxygen atoms in total. The van der Waals surface area contributed by atoms with Crippen molar-refractivity contribution < 1.29 is 9.90 Å². The van der Waals surface area contributed by atoms with E-state index in [1.165, 1.54) is 25.7 Å². The second kappa shape index (κ2) is 5.09. The lowest BCUT2D eigenvalue weighted by Crippen LogP contribution is -2.56. The highest BCUT2D eigenvalue weighted by Gasteiger charge is 2.63. The van der Waals surface area contributed by atoms with Gasteiger partial charge in [-0.3, -0.25) is 4.79 Å². The van der Waals surface area contributed by atoms with Crippen LogP contribution in [-0.2, 0) is 4.79 Å². The van der Waals surface area contributed by atoms with Crippen molar-refractivity contribution in [2.45, 2.75) is 77.7 Å². The second-order valence-electron chi connectivity index (χ2n) is 9.92. The first-order valence-corrected chi connectivity index (χ1v) is 9.89. The van der Waals surface area contributed by atoms with Gasteiger partial charge in [-0.05, 0) is 86.4 Å². The molecule has 0 heterocycles. The standard InChI is InChI=1S/C21H33NO2/c1-19-11-13(12-22)18(23)10-14(19)4-5-15-16(19)6-8-20(2)17(15)7-9-21(20,3)24/h12,14-17,24H,4-11,22H2,1-3H3/b13-12+/t14-,15+,16-,17-,19-,20-,21-/m0/s1. The van der Waals surface area contributed by atoms with E-state index >= 15 is 0 Å². The Morgan fingerprint density at radius 3 is 2.50 bits per heavy atom. The second-order valence-corrected chi connectivity index (χ2v) is 9.92. The van der Waals surface area contributed by atoms with Crippen molar-refractivity contribution in [1.29, 1.82) is 0 Å². The first-order valence-electron chi connectivity index (χ1n) is 9.89. The summed E-state index contributed by atoms with van der Waals surface area (Å²) in [6.07, 6.45) is 10.0. The zero-order valence-corrected chi connectivity index (χ0v) is 15.5. The zero-order valence-electron chi connectivity index (χ0n) is 15.5. The minimum Gasteiger partial charge on any atom is -0.404 e. The summed E-state index contributed by atoms with van der Waals surface area (Å²) >= 11 is 0. The molecule has 0 radical (unpaired) electrons. The monoisotopic (exact) mass is 331 g/mol. The molecule has 0 spiro atoms. The van der Waals surface area contributed by atoms with E-state index in [4.69, 9.17) is 5.73 Å². The minimum atomic E-state index is -0.509. The third kappa shape index (κ3) is 1.97. The number of ketones is 1. The Morgan fingerprint density at radius 1 is 1.08 bits per heavy atom. The Morgan fingerprint density at radius 2 is 1.79 bits per heavy atom. The number of allylic oxidation sites excluding steroid dienone is 1. The largest absolute Gasteiger partial charge is 0.404 e. The molecule has 0 bridgehead atoms. The van der Waals surface area contributed by atoms with Gasteiger partial charge in [0.2, 0.25) is 0 Å². The highest BCUT2D eigenvalue weighted by molar-refractivity contribution is 5.96. The Balaban J connectivity index is 1.67. The molecule has 4 fully saturated rings. The summed E-state index contributed by atoms with van der Waals surface area (Å²) in [5, 5.41) is 11.0. The van der Waals surface area contributed by atoms with Gasteiger partial charge in [-0.1, -0.05) is 13.8 Å². The van der Waals surface area contributed by atoms with Crippen LogP contribution in [0.2, 0.25) is 0 Å². The molecule has 0 aliphatic heterocycles. The summed E-state index contributed by atoms with van der Waals surface area (Å²) in [5.74, 6) is 2.86. The van der Waals surface area contributed by atoms with Crippen LogP contribution in [0.5, 0.6) is 0 Å². The maximum atomic E-state index is 12.3. The molecule has 0 aromatic carbocycles. The summed E-state index contributed by atoms with van der Waals surface area (Å²) in [4.78, 5) is 12.3. The van der Waals surface area contributed by atoms with Crippen LogP contribution in [0.15, 0.2) is 11.8 Å². The fourth-order valence-corrected chi connectivity index (χ4v) is 7.40. The van der Waals surface area contributed by atoms with Crippen molar-refractivity contribution in [2.24, 2.45) is 40.2 Å². The smallest absolute Gasteiger partial charge is 0.160 e. The molecule has 0 amide bonds. The van der Waals surface area contributed by atoms with E-state index in [1.54, 1.807) is 6.20 Å². The third-order valence-electron chi connectivity index (χ3n) is 9.19. The third-order valence-corrected chi connectivity index (χ3v) is 9.19. The summed E-state index contributed by atoms with van der Waals surface area (Å²) < 4.78 is 0. The SMILES string of the molecule is C[C@]12C/C(=C\N)C(=O)C[C@@H]1CC[C@@H]1[C@@H]2CC[C@@]2(C)[C@H]1CC[C@]2(C)O. The quantitative estimate of drug-likeness (QED) is 0.664. The molecule has 4 saturated carbocycles. The lowest BCUT2D eigenvalue weighted by molar-refractivity contribution is -0.147. The number of fused-ring (bicyclic) bond motifs is 5. The van der Waals surface area contributed by atoms with Crippen LogP contribution in [0.3, 0.4) is 0 Å². The molecule has 0 unspecified atom stereocenters. The Kier molecular flexibility index (Phi) is 3.53. The first kappa shape index (κ1) is 16.6. The van der Waals surface area contributed by atoms with Crippen LogP contribution < -0.4 is 5.73 Å². The maximum absolute atomic E-state index is 12.3. The fraction of sp³-hybridized carbons (Fsp3) is 0.857. The van der Waals surface area contributed by atoms with Crippen molar-refractivity contribution in [3.63, 3.8) is 0 Å². The van der Waals surface area contributed by atoms with E-state index in [9.17, 15) is 9.90 Å². The number of hydrogen-bond acceptors (Lipinski definition) is 3. The van der Waals surface area contributed by atoms with Crippen molar-refractivity contribution in [2.75, 3.05) is 0 Å². The molecular weight excluding hydrogens is 298 g/mol. The van der Waals surface area contributed by atoms with Crippen LogP contribution in [0.25, 0.3) is 0 Å². The van der Waals surface area contributed by atoms with Gasteiger partial charge in [0.25, 0.3) is 0 Å². The average molecular weight is 332 g/mol. The predicted octanol–water partition coefficient (Wildman–Crippen LogP) is 3.80. The van der Waals surface area contributed by atoms with E-state index in [1.807, 2.05) is 0 Å². The summed E-state index contributed by atoms with van der Waals surface area (Å²) in [7, 11) is 0. The number of carbonyl (C=O) groups is 1. The maximum Gasteiger partial charge on any atom is 0.160 e. The Labute approximate surface area is 146 Å². The highest BCUT2D eigenvalue weighted by atomic mass is 16.3. The molecule has 3 heteroatoms. The molecule has 4 aliphatic carbocycles. The van der Waals surface area contributed by atoms with Gasteiger partial charge in [0.05, 0.1) is 5.60 Å². The minimum absolute atomic E-state index is 0.0778. The molecule has 0 aromatic heterocycles. The average Bonchev–Trinajstić information content (AvgIpc) is 2.77. The molecule has 134 valence electrons. The predicted molar refractivity (Wildman–Crippen MR) is 95.0 cm³/mol. The van der Waals surface area contributed by atoms with Crippen molar-refractivity contribution >= 4 is 5.78 Å². The molecule has 4 aliphatic rings. The molecular formula is C21H33NO2. The fourth-order valence-electron chi connectivity index (χ4n) is 7.40. The normalized spacial score (nSPS) is 55.8. The molecule has 3 N–H and O–H groups in total. The van der Waals surface area contributed by atoms with Crippen LogP contribution in [-0.4, -0.2) is 16.5 Å². The van der Waals surface area contributed by atoms with Gasteiger partial charge in [0, 0.05) is 18.2 Å². The molecule has 24 heavy (non-hydrogen) atoms. The number of hydrogen-bond donors (Lipinski definition) is 2. The molecule has 0 aromatic rings. The first-order chi connectivity index (χ1) is 11.2. The lowest BCUT2D eigenvalue weighted by atomic mass is 9.44. The van der Waals surface area contributed by atoms with Crippen LogP contribution in [0.4, 0.5) is 0 Å². The Bertz CT molecular complexity index is 595. The van der Waals surface area contributed by atoms with E-state index in [-0.39, 0.29) is 16.6 Å². The van der Waals surface area contributed by atoms with Crippen molar-refractivity contribution in [3.05, 3.63) is 11.8 Å². The molecule has 7 atom stereocenters. The van der Waals surface area contributed by atoms with Gasteiger partial charge in [-0.15, -0.1) is 0 Å². The van der Waals surface area contributed by atoms with E-state index < -0.39 is 5.60 Å². The van der Waals surface area contributed by atoms with E-state index in [0.717, 1.165) is 24.8 Å². The summed E-state index contributed by atoms with van der Waals surface area (Å²) in [6, 6.07) is 0. The number of rotatable bonds is 0. The van der Waals surface area contributed by atoms with E-state index in [2.05, 4.69) is 20.8 Å². The summed E-state index contributed by atoms with van der Waals surface area (Å²) in [6.45, 7) is 6.83. The van der Waals surface area contributed by atoms with Crippen molar-refractivity contribution in [3.8, 4) is 0 Å². The zero-order chi connectivity index (χ0) is 17.3. The topological polar surface area (TPSA) is 63.3 Å². The van der Waals surface area contributed by atoms with Gasteiger partial charge >= 0.3 is 0 Å². The van der Waals surface area contributed by atoms with Gasteiger partial charge in [-0.2, -0.15) is 0 Å². The van der Waals surface area contributed by atoms with Crippen LogP contribution >= 0.6 is 0 Å². The van der Waals surface area contributed by atoms with E-state index in [0.29, 0.717) is 30.1 Å². The van der Waals surface area contributed by atoms with Crippen LogP contribution in [0.1, 0.15) is 72.1 Å². The van der Waals surface area contributed by atoms with Gasteiger partial charge in [0.15, 0.2) is 5.78 Å². The lowest BCUT2D eigenvalue weighted by Gasteiger charge is -2.61. The van der Waals surface area contributed by atoms with Crippen LogP contribution in [0, 0.1) is 34.5 Å².